The number of nitrogens with one attached hydrogen (secondary N) is 1. The first-order valence-electron chi connectivity index (χ1n) is 8.23. The molecule has 1 aliphatic carbocycles. The Labute approximate surface area is 141 Å². The number of amidine groups is 1. The van der Waals surface area contributed by atoms with E-state index in [9.17, 15) is 0 Å². The Bertz CT molecular complexity index is 915. The van der Waals surface area contributed by atoms with E-state index < -0.39 is 0 Å². The standard InChI is InChI=1S/C21H20N2O/c22-21(23)18-8-6-15-9-17(7-5-16(15)10-18)20-11-19(20)14-3-1-13(12-24)2-4-14/h1-10,19-20,24H,11-12H2,(H3,22,23). The lowest BCUT2D eigenvalue weighted by Gasteiger charge is -2.06. The van der Waals surface area contributed by atoms with Gasteiger partial charge in [0.15, 0.2) is 0 Å². The average molecular weight is 316 g/mol. The van der Waals surface area contributed by atoms with Crippen molar-refractivity contribution in [2.45, 2.75) is 24.9 Å². The molecular formula is C21H20N2O. The zero-order valence-electron chi connectivity index (χ0n) is 13.4. The zero-order chi connectivity index (χ0) is 16.7. The Morgan fingerprint density at radius 1 is 0.917 bits per heavy atom. The maximum atomic E-state index is 9.15. The van der Waals surface area contributed by atoms with Crippen LogP contribution in [-0.2, 0) is 6.61 Å². The van der Waals surface area contributed by atoms with Crippen LogP contribution in [0.5, 0.6) is 0 Å². The molecule has 1 fully saturated rings. The van der Waals surface area contributed by atoms with Crippen LogP contribution in [0.4, 0.5) is 0 Å². The molecule has 3 aromatic rings. The molecule has 120 valence electrons. The fourth-order valence-electron chi connectivity index (χ4n) is 3.46. The second kappa shape index (κ2) is 5.77. The van der Waals surface area contributed by atoms with Crippen molar-refractivity contribution in [1.29, 1.82) is 5.41 Å². The largest absolute Gasteiger partial charge is 0.392 e. The molecule has 2 unspecified atom stereocenters. The first-order valence-corrected chi connectivity index (χ1v) is 8.23. The Balaban J connectivity index is 1.58. The molecule has 0 heterocycles. The van der Waals surface area contributed by atoms with Gasteiger partial charge in [0.2, 0.25) is 0 Å². The molecule has 1 saturated carbocycles. The molecule has 24 heavy (non-hydrogen) atoms. The van der Waals surface area contributed by atoms with E-state index in [1.165, 1.54) is 22.9 Å². The number of aliphatic hydroxyl groups is 1. The first kappa shape index (κ1) is 14.9. The van der Waals surface area contributed by atoms with Crippen molar-refractivity contribution in [2.75, 3.05) is 0 Å². The highest BCUT2D eigenvalue weighted by Gasteiger charge is 2.39. The predicted molar refractivity (Wildman–Crippen MR) is 97.4 cm³/mol. The van der Waals surface area contributed by atoms with E-state index in [1.807, 2.05) is 30.3 Å². The van der Waals surface area contributed by atoms with E-state index in [4.69, 9.17) is 16.2 Å². The van der Waals surface area contributed by atoms with Crippen LogP contribution in [0, 0.1) is 5.41 Å². The summed E-state index contributed by atoms with van der Waals surface area (Å²) in [6, 6.07) is 20.8. The van der Waals surface area contributed by atoms with Gasteiger partial charge in [0, 0.05) is 5.56 Å². The summed E-state index contributed by atoms with van der Waals surface area (Å²) >= 11 is 0. The second-order valence-corrected chi connectivity index (χ2v) is 6.58. The molecule has 1 aliphatic rings. The predicted octanol–water partition coefficient (Wildman–Crippen LogP) is 3.89. The first-order chi connectivity index (χ1) is 11.7. The summed E-state index contributed by atoms with van der Waals surface area (Å²) in [7, 11) is 0. The molecule has 0 saturated heterocycles. The topological polar surface area (TPSA) is 70.1 Å². The van der Waals surface area contributed by atoms with Crippen LogP contribution in [0.25, 0.3) is 10.8 Å². The van der Waals surface area contributed by atoms with Gasteiger partial charge in [-0.3, -0.25) is 5.41 Å². The third-order valence-corrected chi connectivity index (χ3v) is 4.98. The second-order valence-electron chi connectivity index (χ2n) is 6.58. The molecule has 3 aromatic carbocycles. The smallest absolute Gasteiger partial charge is 0.122 e. The average Bonchev–Trinajstić information content (AvgIpc) is 3.41. The number of rotatable bonds is 4. The van der Waals surface area contributed by atoms with Crippen molar-refractivity contribution in [1.82, 2.24) is 0 Å². The maximum Gasteiger partial charge on any atom is 0.122 e. The van der Waals surface area contributed by atoms with E-state index in [0.717, 1.165) is 16.5 Å². The summed E-state index contributed by atoms with van der Waals surface area (Å²) in [4.78, 5) is 0. The summed E-state index contributed by atoms with van der Waals surface area (Å²) < 4.78 is 0. The van der Waals surface area contributed by atoms with E-state index in [-0.39, 0.29) is 12.4 Å². The number of nitrogens with two attached hydrogens (primary N) is 1. The third kappa shape index (κ3) is 2.68. The summed E-state index contributed by atoms with van der Waals surface area (Å²) in [5, 5.41) is 19.0. The highest BCUT2D eigenvalue weighted by molar-refractivity contribution is 5.99. The van der Waals surface area contributed by atoms with Gasteiger partial charge in [0.25, 0.3) is 0 Å². The minimum Gasteiger partial charge on any atom is -0.392 e. The summed E-state index contributed by atoms with van der Waals surface area (Å²) in [5.74, 6) is 1.25. The SMILES string of the molecule is N=C(N)c1ccc2cc(C3CC3c3ccc(CO)cc3)ccc2c1. The number of nitrogen functional groups attached to an aromatic ring is 1. The number of hydrogen-bond acceptors (Lipinski definition) is 2. The zero-order valence-corrected chi connectivity index (χ0v) is 13.4. The van der Waals surface area contributed by atoms with Crippen molar-refractivity contribution in [3.05, 3.63) is 82.9 Å². The van der Waals surface area contributed by atoms with Crippen molar-refractivity contribution >= 4 is 16.6 Å². The normalized spacial score (nSPS) is 19.4. The summed E-state index contributed by atoms with van der Waals surface area (Å²) in [6.07, 6.45) is 1.18. The van der Waals surface area contributed by atoms with Gasteiger partial charge in [-0.2, -0.15) is 0 Å². The fraction of sp³-hybridized carbons (Fsp3) is 0.190. The van der Waals surface area contributed by atoms with Crippen LogP contribution in [0.2, 0.25) is 0 Å². The molecule has 0 aromatic heterocycles. The van der Waals surface area contributed by atoms with Crippen molar-refractivity contribution in [3.8, 4) is 0 Å². The molecule has 0 aliphatic heterocycles. The molecule has 0 amide bonds. The van der Waals surface area contributed by atoms with Crippen molar-refractivity contribution in [3.63, 3.8) is 0 Å². The van der Waals surface area contributed by atoms with Crippen LogP contribution >= 0.6 is 0 Å². The maximum absolute atomic E-state index is 9.15. The Morgan fingerprint density at radius 3 is 2.25 bits per heavy atom. The van der Waals surface area contributed by atoms with Crippen LogP contribution < -0.4 is 5.73 Å². The third-order valence-electron chi connectivity index (χ3n) is 4.98. The van der Waals surface area contributed by atoms with Gasteiger partial charge in [-0.15, -0.1) is 0 Å². The van der Waals surface area contributed by atoms with Gasteiger partial charge in [0.05, 0.1) is 6.61 Å². The minimum atomic E-state index is 0.0985. The molecule has 4 N–H and O–H groups in total. The van der Waals surface area contributed by atoms with Crippen LogP contribution in [0.15, 0.2) is 60.7 Å². The highest BCUT2D eigenvalue weighted by Crippen LogP contribution is 2.54. The minimum absolute atomic E-state index is 0.0985. The van der Waals surface area contributed by atoms with Crippen molar-refractivity contribution < 1.29 is 5.11 Å². The summed E-state index contributed by atoms with van der Waals surface area (Å²) in [5.41, 5.74) is 10.0. The molecule has 4 rings (SSSR count). The lowest BCUT2D eigenvalue weighted by molar-refractivity contribution is 0.282. The molecule has 0 bridgehead atoms. The van der Waals surface area contributed by atoms with Crippen molar-refractivity contribution in [2.24, 2.45) is 5.73 Å². The van der Waals surface area contributed by atoms with E-state index in [1.54, 1.807) is 0 Å². The monoisotopic (exact) mass is 316 g/mol. The van der Waals surface area contributed by atoms with E-state index >= 15 is 0 Å². The van der Waals surface area contributed by atoms with E-state index in [0.29, 0.717) is 11.8 Å². The van der Waals surface area contributed by atoms with Gasteiger partial charge in [-0.05, 0) is 51.8 Å². The molecule has 2 atom stereocenters. The molecule has 3 heteroatoms. The molecular weight excluding hydrogens is 296 g/mol. The van der Waals surface area contributed by atoms with Crippen LogP contribution in [0.1, 0.15) is 40.5 Å². The van der Waals surface area contributed by atoms with Crippen LogP contribution in [-0.4, -0.2) is 10.9 Å². The quantitative estimate of drug-likeness (QED) is 0.505. The number of fused-ring (bicyclic) bond motifs is 1. The lowest BCUT2D eigenvalue weighted by Crippen LogP contribution is -2.10. The van der Waals surface area contributed by atoms with Gasteiger partial charge in [0.1, 0.15) is 5.84 Å². The Kier molecular flexibility index (Phi) is 3.58. The number of benzene rings is 3. The van der Waals surface area contributed by atoms with Gasteiger partial charge in [-0.1, -0.05) is 54.6 Å². The highest BCUT2D eigenvalue weighted by atomic mass is 16.3. The van der Waals surface area contributed by atoms with Gasteiger partial charge < -0.3 is 10.8 Å². The van der Waals surface area contributed by atoms with Gasteiger partial charge >= 0.3 is 0 Å². The number of aliphatic hydroxyl groups excluding tert-OH is 1. The van der Waals surface area contributed by atoms with Crippen LogP contribution in [0.3, 0.4) is 0 Å². The van der Waals surface area contributed by atoms with Gasteiger partial charge in [-0.25, -0.2) is 0 Å². The lowest BCUT2D eigenvalue weighted by atomic mass is 9.99. The molecule has 3 nitrogen and oxygen atoms in total. The molecule has 0 spiro atoms. The Morgan fingerprint density at radius 2 is 1.54 bits per heavy atom. The molecule has 0 radical (unpaired) electrons. The summed E-state index contributed by atoms with van der Waals surface area (Å²) in [6.45, 7) is 0.0985. The van der Waals surface area contributed by atoms with E-state index in [2.05, 4.69) is 30.3 Å². The Hall–Kier alpha value is -2.65. The fourth-order valence-corrected chi connectivity index (χ4v) is 3.46. The number of hydrogen-bond donors (Lipinski definition) is 3.